The molecule has 1 aromatic heterocycles. The lowest BCUT2D eigenvalue weighted by molar-refractivity contribution is 0.655. The summed E-state index contributed by atoms with van der Waals surface area (Å²) in [6, 6.07) is 0. The first kappa shape index (κ1) is 5.39. The van der Waals surface area contributed by atoms with Crippen molar-refractivity contribution < 1.29 is 4.55 Å². The highest BCUT2D eigenvalue weighted by molar-refractivity contribution is 7.93. The fraction of sp³-hybridized carbons (Fsp3) is 0. The topological polar surface area (TPSA) is 87.8 Å². The lowest BCUT2D eigenvalue weighted by atomic mass is 11.1. The molecule has 0 saturated heterocycles. The normalized spacial score (nSPS) is 9.62. The van der Waals surface area contributed by atoms with Gasteiger partial charge in [-0.3, -0.25) is 0 Å². The molecule has 4 N–H and O–H groups in total. The molecule has 0 bridgehead atoms. The maximum Gasteiger partial charge on any atom is 0.236 e. The van der Waals surface area contributed by atoms with Gasteiger partial charge in [0.25, 0.3) is 0 Å². The summed E-state index contributed by atoms with van der Waals surface area (Å²) in [4.78, 5) is 3.55. The van der Waals surface area contributed by atoms with E-state index in [9.17, 15) is 0 Å². The highest BCUT2D eigenvalue weighted by atomic mass is 32.2. The SMILES string of the molecule is Nc1nc(SO)n[nH]1. The highest BCUT2D eigenvalue weighted by Gasteiger charge is 1.95. The standard InChI is InChI=1S/C2H4N4OS/c3-1-4-2(8-7)6-5-1/h7H,(H3,3,4,5,6). The number of hydrogen-bond donors (Lipinski definition) is 3. The lowest BCUT2D eigenvalue weighted by Gasteiger charge is -1.74. The van der Waals surface area contributed by atoms with Crippen molar-refractivity contribution in [2.45, 2.75) is 5.16 Å². The minimum absolute atomic E-state index is 0.210. The maximum absolute atomic E-state index is 8.27. The molecule has 1 rings (SSSR count). The van der Waals surface area contributed by atoms with E-state index in [0.717, 1.165) is 0 Å². The van der Waals surface area contributed by atoms with Gasteiger partial charge < -0.3 is 10.3 Å². The molecule has 1 heterocycles. The second-order valence-corrected chi connectivity index (χ2v) is 1.64. The maximum atomic E-state index is 8.27. The summed E-state index contributed by atoms with van der Waals surface area (Å²) in [6.07, 6.45) is 0. The fourth-order valence-corrected chi connectivity index (χ4v) is 0.525. The summed E-state index contributed by atoms with van der Waals surface area (Å²) in [6.45, 7) is 0. The molecule has 0 aliphatic heterocycles. The average molecular weight is 132 g/mol. The zero-order valence-electron chi connectivity index (χ0n) is 3.83. The number of nitrogen functional groups attached to an aromatic ring is 1. The first-order valence-electron chi connectivity index (χ1n) is 1.82. The molecule has 1 aromatic rings. The first-order chi connectivity index (χ1) is 3.83. The average Bonchev–Trinajstić information content (AvgIpc) is 2.14. The van der Waals surface area contributed by atoms with E-state index in [1.807, 2.05) is 0 Å². The number of nitrogens with zero attached hydrogens (tertiary/aromatic N) is 2. The van der Waals surface area contributed by atoms with Gasteiger partial charge in [0.1, 0.15) is 0 Å². The van der Waals surface area contributed by atoms with Crippen molar-refractivity contribution in [1.82, 2.24) is 15.2 Å². The molecule has 0 spiro atoms. The minimum atomic E-state index is 0.210. The number of hydrogen-bond acceptors (Lipinski definition) is 5. The van der Waals surface area contributed by atoms with E-state index >= 15 is 0 Å². The molecule has 0 amide bonds. The molecule has 8 heavy (non-hydrogen) atoms. The zero-order chi connectivity index (χ0) is 5.98. The fourth-order valence-electron chi connectivity index (χ4n) is 0.299. The van der Waals surface area contributed by atoms with E-state index in [2.05, 4.69) is 15.2 Å². The molecule has 6 heteroatoms. The molecule has 0 unspecified atom stereocenters. The number of aromatic amines is 1. The quantitative estimate of drug-likeness (QED) is 0.466. The van der Waals surface area contributed by atoms with Crippen molar-refractivity contribution >= 4 is 18.0 Å². The van der Waals surface area contributed by atoms with Crippen molar-refractivity contribution in [1.29, 1.82) is 0 Å². The van der Waals surface area contributed by atoms with E-state index in [-0.39, 0.29) is 11.1 Å². The van der Waals surface area contributed by atoms with Gasteiger partial charge in [-0.05, 0) is 0 Å². The van der Waals surface area contributed by atoms with Crippen LogP contribution in [0.4, 0.5) is 5.95 Å². The van der Waals surface area contributed by atoms with Crippen LogP contribution in [0.25, 0.3) is 0 Å². The first-order valence-corrected chi connectivity index (χ1v) is 2.59. The summed E-state index contributed by atoms with van der Waals surface area (Å²) in [7, 11) is 0. The van der Waals surface area contributed by atoms with Crippen LogP contribution in [-0.4, -0.2) is 19.7 Å². The van der Waals surface area contributed by atoms with Gasteiger partial charge in [0, 0.05) is 0 Å². The Bertz CT molecular complexity index is 174. The van der Waals surface area contributed by atoms with Crippen molar-refractivity contribution in [3.63, 3.8) is 0 Å². The van der Waals surface area contributed by atoms with E-state index in [1.54, 1.807) is 0 Å². The lowest BCUT2D eigenvalue weighted by Crippen LogP contribution is -1.84. The van der Waals surface area contributed by atoms with Gasteiger partial charge in [-0.2, -0.15) is 4.98 Å². The molecule has 0 aliphatic carbocycles. The Morgan fingerprint density at radius 3 is 2.75 bits per heavy atom. The zero-order valence-corrected chi connectivity index (χ0v) is 4.64. The van der Waals surface area contributed by atoms with Crippen LogP contribution >= 0.6 is 12.0 Å². The van der Waals surface area contributed by atoms with Gasteiger partial charge >= 0.3 is 0 Å². The predicted molar refractivity (Wildman–Crippen MR) is 29.3 cm³/mol. The number of rotatable bonds is 1. The van der Waals surface area contributed by atoms with Crippen molar-refractivity contribution in [2.75, 3.05) is 5.73 Å². The van der Waals surface area contributed by atoms with Gasteiger partial charge in [0.05, 0.1) is 12.0 Å². The van der Waals surface area contributed by atoms with Gasteiger partial charge in [-0.1, -0.05) is 0 Å². The summed E-state index contributed by atoms with van der Waals surface area (Å²) < 4.78 is 8.27. The summed E-state index contributed by atoms with van der Waals surface area (Å²) in [5.41, 5.74) is 5.10. The number of aromatic nitrogens is 3. The van der Waals surface area contributed by atoms with Crippen LogP contribution in [0.1, 0.15) is 0 Å². The van der Waals surface area contributed by atoms with E-state index in [1.165, 1.54) is 0 Å². The second kappa shape index (κ2) is 2.01. The van der Waals surface area contributed by atoms with Crippen LogP contribution in [0.15, 0.2) is 5.16 Å². The van der Waals surface area contributed by atoms with Crippen LogP contribution in [0, 0.1) is 0 Å². The van der Waals surface area contributed by atoms with Gasteiger partial charge in [0.15, 0.2) is 0 Å². The van der Waals surface area contributed by atoms with Crippen LogP contribution in [0.3, 0.4) is 0 Å². The predicted octanol–water partition coefficient (Wildman–Crippen LogP) is -0.0480. The molecule has 0 fully saturated rings. The number of H-pyrrole nitrogens is 1. The number of anilines is 1. The third kappa shape index (κ3) is 0.903. The van der Waals surface area contributed by atoms with Crippen LogP contribution in [-0.2, 0) is 0 Å². The monoisotopic (exact) mass is 132 g/mol. The number of nitrogens with one attached hydrogen (secondary N) is 1. The molecular weight excluding hydrogens is 128 g/mol. The van der Waals surface area contributed by atoms with Gasteiger partial charge in [-0.15, -0.1) is 5.10 Å². The van der Waals surface area contributed by atoms with Crippen LogP contribution in [0.2, 0.25) is 0 Å². The van der Waals surface area contributed by atoms with Gasteiger partial charge in [0.2, 0.25) is 11.1 Å². The molecule has 0 atom stereocenters. The molecule has 0 aliphatic rings. The number of nitrogens with two attached hydrogens (primary N) is 1. The molecule has 44 valence electrons. The highest BCUT2D eigenvalue weighted by Crippen LogP contribution is 2.05. The Morgan fingerprint density at radius 1 is 1.75 bits per heavy atom. The third-order valence-corrected chi connectivity index (χ3v) is 0.910. The van der Waals surface area contributed by atoms with Crippen molar-refractivity contribution in [2.24, 2.45) is 0 Å². The Morgan fingerprint density at radius 2 is 2.50 bits per heavy atom. The van der Waals surface area contributed by atoms with Crippen LogP contribution < -0.4 is 5.73 Å². The second-order valence-electron chi connectivity index (χ2n) is 1.09. The van der Waals surface area contributed by atoms with E-state index in [4.69, 9.17) is 10.3 Å². The minimum Gasteiger partial charge on any atom is -0.368 e. The Hall–Kier alpha value is -0.750. The van der Waals surface area contributed by atoms with Crippen molar-refractivity contribution in [3.05, 3.63) is 0 Å². The smallest absolute Gasteiger partial charge is 0.236 e. The summed E-state index contributed by atoms with van der Waals surface area (Å²) in [5, 5.41) is 6.08. The Labute approximate surface area is 49.5 Å². The van der Waals surface area contributed by atoms with E-state index < -0.39 is 0 Å². The molecule has 0 saturated carbocycles. The largest absolute Gasteiger partial charge is 0.368 e. The van der Waals surface area contributed by atoms with Crippen LogP contribution in [0.5, 0.6) is 0 Å². The molecular formula is C2H4N4OS. The molecule has 0 radical (unpaired) electrons. The van der Waals surface area contributed by atoms with Gasteiger partial charge in [-0.25, -0.2) is 5.10 Å². The summed E-state index contributed by atoms with van der Waals surface area (Å²) in [5.74, 6) is 0.210. The summed E-state index contributed by atoms with van der Waals surface area (Å²) >= 11 is 0.456. The third-order valence-electron chi connectivity index (χ3n) is 0.564. The van der Waals surface area contributed by atoms with Crippen molar-refractivity contribution in [3.8, 4) is 0 Å². The molecule has 0 aromatic carbocycles. The Kier molecular flexibility index (Phi) is 1.36. The molecule has 5 nitrogen and oxygen atoms in total. The Balaban J connectivity index is 2.84. The van der Waals surface area contributed by atoms with E-state index in [0.29, 0.717) is 12.0 Å².